The zero-order valence-corrected chi connectivity index (χ0v) is 14.4. The van der Waals surface area contributed by atoms with Gasteiger partial charge in [-0.15, -0.1) is 0 Å². The first kappa shape index (κ1) is 15.8. The minimum absolute atomic E-state index is 0.631. The van der Waals surface area contributed by atoms with Gasteiger partial charge in [0.25, 0.3) is 0 Å². The van der Waals surface area contributed by atoms with Gasteiger partial charge in [0, 0.05) is 23.2 Å². The van der Waals surface area contributed by atoms with Crippen LogP contribution >= 0.6 is 15.9 Å². The van der Waals surface area contributed by atoms with Crippen molar-refractivity contribution < 1.29 is 0 Å². The van der Waals surface area contributed by atoms with Gasteiger partial charge < -0.3 is 10.2 Å². The molecule has 0 unspecified atom stereocenters. The van der Waals surface area contributed by atoms with Crippen LogP contribution in [0.25, 0.3) is 0 Å². The number of anilines is 1. The SMILES string of the molecule is CCC1(CC)CCN(CCNc2ccccc2Br)CC1. The molecule has 112 valence electrons. The second-order valence-corrected chi connectivity index (χ2v) is 6.81. The van der Waals surface area contributed by atoms with Crippen molar-refractivity contribution >= 4 is 21.6 Å². The molecule has 0 spiro atoms. The van der Waals surface area contributed by atoms with E-state index in [2.05, 4.69) is 64.3 Å². The predicted molar refractivity (Wildman–Crippen MR) is 91.3 cm³/mol. The summed E-state index contributed by atoms with van der Waals surface area (Å²) in [6.07, 6.45) is 5.42. The molecule has 1 aromatic carbocycles. The molecule has 0 saturated carbocycles. The maximum atomic E-state index is 3.58. The highest BCUT2D eigenvalue weighted by Gasteiger charge is 2.30. The Balaban J connectivity index is 1.73. The maximum Gasteiger partial charge on any atom is 0.0485 e. The molecule has 0 aliphatic carbocycles. The van der Waals surface area contributed by atoms with Gasteiger partial charge in [-0.1, -0.05) is 38.8 Å². The molecule has 2 rings (SSSR count). The Hall–Kier alpha value is -0.540. The van der Waals surface area contributed by atoms with Gasteiger partial charge in [-0.2, -0.15) is 0 Å². The third-order valence-electron chi connectivity index (χ3n) is 5.03. The van der Waals surface area contributed by atoms with Crippen LogP contribution in [0.15, 0.2) is 28.7 Å². The van der Waals surface area contributed by atoms with Crippen LogP contribution in [0.4, 0.5) is 5.69 Å². The van der Waals surface area contributed by atoms with Crippen molar-refractivity contribution in [1.82, 2.24) is 4.90 Å². The van der Waals surface area contributed by atoms with E-state index in [-0.39, 0.29) is 0 Å². The quantitative estimate of drug-likeness (QED) is 0.804. The van der Waals surface area contributed by atoms with Crippen LogP contribution in [-0.2, 0) is 0 Å². The molecule has 0 atom stereocenters. The number of piperidine rings is 1. The second-order valence-electron chi connectivity index (χ2n) is 5.96. The van der Waals surface area contributed by atoms with Crippen molar-refractivity contribution in [3.8, 4) is 0 Å². The fourth-order valence-corrected chi connectivity index (χ4v) is 3.59. The first-order valence-electron chi connectivity index (χ1n) is 7.90. The molecule has 1 saturated heterocycles. The fraction of sp³-hybridized carbons (Fsp3) is 0.647. The Morgan fingerprint density at radius 2 is 1.80 bits per heavy atom. The van der Waals surface area contributed by atoms with Crippen LogP contribution in [0.3, 0.4) is 0 Å². The maximum absolute atomic E-state index is 3.58. The third-order valence-corrected chi connectivity index (χ3v) is 5.73. The smallest absolute Gasteiger partial charge is 0.0485 e. The van der Waals surface area contributed by atoms with Crippen molar-refractivity contribution in [2.45, 2.75) is 39.5 Å². The molecule has 0 aromatic heterocycles. The lowest BCUT2D eigenvalue weighted by molar-refractivity contribution is 0.0983. The zero-order chi connectivity index (χ0) is 14.4. The molecule has 0 amide bonds. The Bertz CT molecular complexity index is 405. The molecular weight excluding hydrogens is 312 g/mol. The van der Waals surface area contributed by atoms with Crippen LogP contribution in [0, 0.1) is 5.41 Å². The highest BCUT2D eigenvalue weighted by molar-refractivity contribution is 9.10. The van der Waals surface area contributed by atoms with Gasteiger partial charge in [0.2, 0.25) is 0 Å². The summed E-state index contributed by atoms with van der Waals surface area (Å²) in [6, 6.07) is 8.33. The Labute approximate surface area is 132 Å². The molecule has 0 bridgehead atoms. The van der Waals surface area contributed by atoms with Crippen molar-refractivity contribution in [3.63, 3.8) is 0 Å². The lowest BCUT2D eigenvalue weighted by Gasteiger charge is -2.41. The van der Waals surface area contributed by atoms with E-state index in [1.165, 1.54) is 44.5 Å². The summed E-state index contributed by atoms with van der Waals surface area (Å²) in [4.78, 5) is 2.60. The van der Waals surface area contributed by atoms with Gasteiger partial charge in [0.05, 0.1) is 0 Å². The van der Waals surface area contributed by atoms with Gasteiger partial charge in [0.15, 0.2) is 0 Å². The number of likely N-dealkylation sites (tertiary alicyclic amines) is 1. The molecule has 2 nitrogen and oxygen atoms in total. The Morgan fingerprint density at radius 3 is 2.40 bits per heavy atom. The number of nitrogens with one attached hydrogen (secondary N) is 1. The van der Waals surface area contributed by atoms with Crippen molar-refractivity contribution in [2.75, 3.05) is 31.5 Å². The number of hydrogen-bond acceptors (Lipinski definition) is 2. The highest BCUT2D eigenvalue weighted by atomic mass is 79.9. The average molecular weight is 339 g/mol. The van der Waals surface area contributed by atoms with E-state index in [9.17, 15) is 0 Å². The summed E-state index contributed by atoms with van der Waals surface area (Å²) in [5, 5.41) is 3.52. The summed E-state index contributed by atoms with van der Waals surface area (Å²) in [7, 11) is 0. The first-order chi connectivity index (χ1) is 9.69. The predicted octanol–water partition coefficient (Wildman–Crippen LogP) is 4.76. The molecule has 1 aromatic rings. The third kappa shape index (κ3) is 3.98. The van der Waals surface area contributed by atoms with Crippen molar-refractivity contribution in [1.29, 1.82) is 0 Å². The van der Waals surface area contributed by atoms with Crippen molar-refractivity contribution in [3.05, 3.63) is 28.7 Å². The molecule has 20 heavy (non-hydrogen) atoms. The molecule has 3 heteroatoms. The van der Waals surface area contributed by atoms with E-state index in [0.29, 0.717) is 5.41 Å². The molecule has 1 heterocycles. The molecule has 1 aliphatic heterocycles. The van der Waals surface area contributed by atoms with Crippen LogP contribution in [0.2, 0.25) is 0 Å². The molecule has 1 N–H and O–H groups in total. The number of para-hydroxylation sites is 1. The van der Waals surface area contributed by atoms with Gasteiger partial charge in [-0.05, 0) is 59.4 Å². The summed E-state index contributed by atoms with van der Waals surface area (Å²) in [6.45, 7) is 9.40. The first-order valence-corrected chi connectivity index (χ1v) is 8.69. The molecule has 1 fully saturated rings. The minimum Gasteiger partial charge on any atom is -0.383 e. The Kier molecular flexibility index (Phi) is 5.91. The van der Waals surface area contributed by atoms with Crippen LogP contribution in [-0.4, -0.2) is 31.1 Å². The van der Waals surface area contributed by atoms with Gasteiger partial charge in [-0.3, -0.25) is 0 Å². The Morgan fingerprint density at radius 1 is 1.15 bits per heavy atom. The number of benzene rings is 1. The average Bonchev–Trinajstić information content (AvgIpc) is 2.50. The van der Waals surface area contributed by atoms with E-state index in [1.54, 1.807) is 0 Å². The topological polar surface area (TPSA) is 15.3 Å². The van der Waals surface area contributed by atoms with Crippen LogP contribution in [0.5, 0.6) is 0 Å². The zero-order valence-electron chi connectivity index (χ0n) is 12.8. The highest BCUT2D eigenvalue weighted by Crippen LogP contribution is 2.37. The summed E-state index contributed by atoms with van der Waals surface area (Å²) in [5.74, 6) is 0. The molecular formula is C17H27BrN2. The van der Waals surface area contributed by atoms with Gasteiger partial charge in [-0.25, -0.2) is 0 Å². The summed E-state index contributed by atoms with van der Waals surface area (Å²) in [5.41, 5.74) is 1.83. The largest absolute Gasteiger partial charge is 0.383 e. The van der Waals surface area contributed by atoms with E-state index >= 15 is 0 Å². The fourth-order valence-electron chi connectivity index (χ4n) is 3.16. The monoisotopic (exact) mass is 338 g/mol. The van der Waals surface area contributed by atoms with E-state index in [0.717, 1.165) is 17.6 Å². The number of nitrogens with zero attached hydrogens (tertiary/aromatic N) is 1. The van der Waals surface area contributed by atoms with Crippen molar-refractivity contribution in [2.24, 2.45) is 5.41 Å². The van der Waals surface area contributed by atoms with Gasteiger partial charge in [0.1, 0.15) is 0 Å². The number of halogens is 1. The van der Waals surface area contributed by atoms with Crippen LogP contribution < -0.4 is 5.32 Å². The molecule has 1 aliphatic rings. The van der Waals surface area contributed by atoms with E-state index in [4.69, 9.17) is 0 Å². The number of rotatable bonds is 6. The number of hydrogen-bond donors (Lipinski definition) is 1. The van der Waals surface area contributed by atoms with E-state index in [1.807, 2.05) is 0 Å². The summed E-state index contributed by atoms with van der Waals surface area (Å²) < 4.78 is 1.15. The minimum atomic E-state index is 0.631. The van der Waals surface area contributed by atoms with Crippen LogP contribution in [0.1, 0.15) is 39.5 Å². The molecule has 0 radical (unpaired) electrons. The standard InChI is InChI=1S/C17H27BrN2/c1-3-17(4-2)9-12-20(13-10-17)14-11-19-16-8-6-5-7-15(16)18/h5-8,19H,3-4,9-14H2,1-2H3. The van der Waals surface area contributed by atoms with E-state index < -0.39 is 0 Å². The lowest BCUT2D eigenvalue weighted by Crippen LogP contribution is -2.41. The summed E-state index contributed by atoms with van der Waals surface area (Å²) >= 11 is 3.58. The second kappa shape index (κ2) is 7.46. The van der Waals surface area contributed by atoms with Gasteiger partial charge >= 0.3 is 0 Å². The normalized spacial score (nSPS) is 18.9. The lowest BCUT2D eigenvalue weighted by atomic mass is 9.74.